The van der Waals surface area contributed by atoms with Crippen molar-refractivity contribution >= 4 is 17.3 Å². The molecule has 1 radical (unpaired) electrons. The van der Waals surface area contributed by atoms with Gasteiger partial charge in [0.05, 0.1) is 24.3 Å². The van der Waals surface area contributed by atoms with Gasteiger partial charge < -0.3 is 44.1 Å². The first kappa shape index (κ1) is 61.6. The number of carbonyl (C=O) groups is 1. The summed E-state index contributed by atoms with van der Waals surface area (Å²) in [7, 11) is 3.36. The van der Waals surface area contributed by atoms with Gasteiger partial charge in [0.1, 0.15) is 11.3 Å². The molecule has 0 amide bonds. The minimum absolute atomic E-state index is 0. The van der Waals surface area contributed by atoms with Crippen LogP contribution in [0.4, 0.5) is 0 Å². The van der Waals surface area contributed by atoms with Crippen LogP contribution in [0.25, 0.3) is 22.1 Å². The molecule has 0 saturated heterocycles. The summed E-state index contributed by atoms with van der Waals surface area (Å²) in [6.45, 7) is 9.37. The van der Waals surface area contributed by atoms with Gasteiger partial charge in [-0.2, -0.15) is 24.6 Å². The van der Waals surface area contributed by atoms with Crippen LogP contribution in [0.15, 0.2) is 112 Å². The Morgan fingerprint density at radius 3 is 1.56 bits per heavy atom. The van der Waals surface area contributed by atoms with Crippen LogP contribution in [-0.4, -0.2) is 49.0 Å². The van der Waals surface area contributed by atoms with Gasteiger partial charge in [-0.3, -0.25) is 4.79 Å². The van der Waals surface area contributed by atoms with Gasteiger partial charge in [0.25, 0.3) is 0 Å². The fourth-order valence-electron chi connectivity index (χ4n) is 3.28. The second kappa shape index (κ2) is 36.6. The minimum atomic E-state index is -0.351. The molecule has 4 aromatic carbocycles. The van der Waals surface area contributed by atoms with Crippen molar-refractivity contribution < 1.29 is 66.7 Å². The van der Waals surface area contributed by atoms with Crippen molar-refractivity contribution in [2.24, 2.45) is 0 Å². The third-order valence-corrected chi connectivity index (χ3v) is 5.94. The Morgan fingerprint density at radius 1 is 0.731 bits per heavy atom. The van der Waals surface area contributed by atoms with Gasteiger partial charge in [0, 0.05) is 65.5 Å². The fraction of sp³-hybridized carbons (Fsp3) is 0.244. The Kier molecular flexibility index (Phi) is 43.4. The third kappa shape index (κ3) is 22.9. The first-order valence-corrected chi connectivity index (χ1v) is 14.2. The summed E-state index contributed by atoms with van der Waals surface area (Å²) in [6, 6.07) is 30.4. The zero-order valence-corrected chi connectivity index (χ0v) is 46.1. The number of fused-ring (bicyclic) bond motifs is 1. The molecule has 279 valence electrons. The smallest absolute Gasteiger partial charge is 0.344 e. The predicted molar refractivity (Wildman–Crippen MR) is 206 cm³/mol. The number of phenols is 1. The van der Waals surface area contributed by atoms with Crippen molar-refractivity contribution in [1.29, 1.82) is 0 Å². The molecular weight excluding hydrogens is 1250 g/mol. The number of aldehydes is 1. The second-order valence-corrected chi connectivity index (χ2v) is 9.15. The Labute approximate surface area is 326 Å². The van der Waals surface area contributed by atoms with Crippen LogP contribution >= 0.6 is 0 Å². The van der Waals surface area contributed by atoms with E-state index in [9.17, 15) is 9.59 Å². The van der Waals surface area contributed by atoms with E-state index in [1.165, 1.54) is 6.07 Å². The molecule has 0 spiro atoms. The molecule has 3 N–H and O–H groups in total. The first-order chi connectivity index (χ1) is 21.8. The molecule has 5 rings (SSSR count). The molecule has 11 heteroatoms. The molecule has 0 aliphatic heterocycles. The van der Waals surface area contributed by atoms with E-state index >= 15 is 0 Å². The summed E-state index contributed by atoms with van der Waals surface area (Å²) in [5.74, 6) is 0.0347. The number of hydrogen-bond acceptors (Lipinski definition) is 8. The standard InChI is InChI=1S/C16H12O3.C8H9O.C7H6O2.2C3H8O.2CH4.2CH3.2Sg.Y/c17-10-11-5-7-12(8-6-11)14-9-13-3-1-2-4-15(13)19-16(14)18;1-7-2-4-8(6-9)5-3-7;8-5-6-3-1-2-4-7(6)9;2*1-3-4-2;;;;;;;/h1-9,17H,10H2;2-5,9H,1,6H2;1-5,9H;2*3H2,1-2H3;2*1H4;2*1H3;;;/q;-1;;;;;;2*-1;;;. The van der Waals surface area contributed by atoms with Crippen LogP contribution in [0.5, 0.6) is 5.75 Å². The van der Waals surface area contributed by atoms with E-state index in [1.54, 1.807) is 50.6 Å². The largest absolute Gasteiger partial charge is 0.507 e. The predicted octanol–water partition coefficient (Wildman–Crippen LogP) is 8.99. The number of ether oxygens (including phenoxy) is 2. The molecule has 0 unspecified atom stereocenters. The van der Waals surface area contributed by atoms with E-state index in [-0.39, 0.29) is 87.0 Å². The summed E-state index contributed by atoms with van der Waals surface area (Å²) >= 11 is 0. The number of rotatable bonds is 6. The molecule has 0 bridgehead atoms. The van der Waals surface area contributed by atoms with Gasteiger partial charge in [0.2, 0.25) is 0 Å². The Morgan fingerprint density at radius 2 is 1.15 bits per heavy atom. The summed E-state index contributed by atoms with van der Waals surface area (Å²) < 4.78 is 14.4. The van der Waals surface area contributed by atoms with Crippen molar-refractivity contribution in [1.82, 2.24) is 0 Å². The Balaban J connectivity index is -0.000000106. The van der Waals surface area contributed by atoms with Crippen LogP contribution in [0.3, 0.4) is 0 Å². The third-order valence-electron chi connectivity index (χ3n) is 5.94. The molecule has 0 atom stereocenters. The summed E-state index contributed by atoms with van der Waals surface area (Å²) in [4.78, 5) is 22.0. The molecule has 5 aromatic rings. The number of phenolic OH excluding ortho intramolecular Hbond substituents is 1. The average Bonchev–Trinajstić information content (AvgIpc) is 3.09. The number of aliphatic hydroxyl groups excluding tert-OH is 2. The zero-order valence-electron chi connectivity index (χ0n) is 30.3. The van der Waals surface area contributed by atoms with E-state index in [4.69, 9.17) is 19.7 Å². The van der Waals surface area contributed by atoms with Crippen molar-refractivity contribution in [3.63, 3.8) is 0 Å². The maximum atomic E-state index is 12.0. The summed E-state index contributed by atoms with van der Waals surface area (Å²) in [6.07, 6.45) is 0.620. The Bertz CT molecular complexity index is 1570. The van der Waals surface area contributed by atoms with E-state index in [1.807, 2.05) is 74.5 Å². The van der Waals surface area contributed by atoms with Gasteiger partial charge in [-0.05, 0) is 54.8 Å². The monoisotopic (exact) mass is 1310 g/mol. The number of aliphatic hydroxyl groups is 2. The molecular formula is C41H57O8Sg2Y-3. The minimum Gasteiger partial charge on any atom is -0.507 e. The summed E-state index contributed by atoms with van der Waals surface area (Å²) in [5, 5.41) is 27.4. The van der Waals surface area contributed by atoms with Gasteiger partial charge in [-0.15, -0.1) is 12.1 Å². The number of aromatic hydroxyl groups is 1. The number of methoxy groups -OCH3 is 2. The van der Waals surface area contributed by atoms with E-state index < -0.39 is 0 Å². The maximum Gasteiger partial charge on any atom is 0.344 e. The van der Waals surface area contributed by atoms with Crippen LogP contribution in [0, 0.1) is 21.8 Å². The number of benzene rings is 4. The Hall–Kier alpha value is -5.63. The van der Waals surface area contributed by atoms with Gasteiger partial charge in [-0.25, -0.2) is 4.79 Å². The van der Waals surface area contributed by atoms with E-state index in [2.05, 4.69) is 16.4 Å². The second-order valence-electron chi connectivity index (χ2n) is 9.15. The summed E-state index contributed by atoms with van der Waals surface area (Å²) in [5.41, 5.74) is 4.61. The molecule has 52 heavy (non-hydrogen) atoms. The van der Waals surface area contributed by atoms with Gasteiger partial charge in [-0.1, -0.05) is 69.5 Å². The van der Waals surface area contributed by atoms with Crippen molar-refractivity contribution in [3.05, 3.63) is 158 Å². The van der Waals surface area contributed by atoms with Crippen molar-refractivity contribution in [2.75, 3.05) is 27.4 Å². The fourth-order valence-corrected chi connectivity index (χ4v) is 3.28. The number of hydrogen-bond donors (Lipinski definition) is 3. The molecule has 1 heterocycles. The van der Waals surface area contributed by atoms with Crippen LogP contribution in [0.2, 0.25) is 0 Å². The molecule has 0 saturated carbocycles. The molecule has 0 fully saturated rings. The van der Waals surface area contributed by atoms with Crippen molar-refractivity contribution in [2.45, 2.75) is 41.9 Å². The van der Waals surface area contributed by atoms with Gasteiger partial charge >= 0.3 is 5.63 Å². The zero-order chi connectivity index (χ0) is 33.5. The molecule has 1 aromatic heterocycles. The van der Waals surface area contributed by atoms with Crippen LogP contribution in [-0.2, 0) is 55.4 Å². The first-order valence-electron chi connectivity index (χ1n) is 14.2. The van der Waals surface area contributed by atoms with Crippen LogP contribution in [0.1, 0.15) is 55.7 Å². The molecule has 8 nitrogen and oxygen atoms in total. The molecule has 0 aliphatic rings. The normalized spacial score (nSPS) is 8.27. The average molecular weight is 1300 g/mol. The van der Waals surface area contributed by atoms with Crippen molar-refractivity contribution in [3.8, 4) is 16.9 Å². The number of para-hydroxylation sites is 2. The quantitative estimate of drug-likeness (QED) is 0.0875. The molecule has 0 aliphatic carbocycles. The van der Waals surface area contributed by atoms with Gasteiger partial charge in [0.15, 0.2) is 6.29 Å². The van der Waals surface area contributed by atoms with Crippen LogP contribution < -0.4 is 5.63 Å². The van der Waals surface area contributed by atoms with E-state index in [0.717, 1.165) is 40.9 Å². The maximum absolute atomic E-state index is 12.0. The SMILES string of the molecule is C.C.CCOC.CCOC.O=Cc1ccccc1O.O=c1oc2ccccc2cc1-c1ccc(CO)cc1.[CH2-]c1ccc(CO)cc1.[CH3-].[CH3-].[Sg].[Sg].[Y]. The van der Waals surface area contributed by atoms with E-state index in [0.29, 0.717) is 23.0 Å². The topological polar surface area (TPSA) is 126 Å². The number of carbonyl (C=O) groups excluding carboxylic acids is 1.